The molecule has 2 aromatic rings. The molecule has 0 aliphatic rings. The summed E-state index contributed by atoms with van der Waals surface area (Å²) in [4.78, 5) is 0.105. The van der Waals surface area contributed by atoms with Gasteiger partial charge in [-0.15, -0.1) is 0 Å². The first-order chi connectivity index (χ1) is 10.0. The topological polar surface area (TPSA) is 99.2 Å². The number of aromatic nitrogens is 2. The minimum absolute atomic E-state index is 0.105. The highest BCUT2D eigenvalue weighted by atomic mass is 32.2. The first-order valence-electron chi connectivity index (χ1n) is 6.38. The normalized spacial score (nSPS) is 11.5. The van der Waals surface area contributed by atoms with Gasteiger partial charge in [0.1, 0.15) is 4.90 Å². The molecule has 2 rings (SSSR count). The van der Waals surface area contributed by atoms with Gasteiger partial charge in [-0.3, -0.25) is 9.40 Å². The number of benzene rings is 1. The number of rotatable bonds is 7. The van der Waals surface area contributed by atoms with E-state index in [1.54, 1.807) is 25.3 Å². The summed E-state index contributed by atoms with van der Waals surface area (Å²) in [6, 6.07) is 7.04. The summed E-state index contributed by atoms with van der Waals surface area (Å²) < 4.78 is 33.6. The molecule has 3 N–H and O–H groups in total. The van der Waals surface area contributed by atoms with E-state index in [2.05, 4.69) is 9.82 Å². The number of hydrogen-bond acceptors (Lipinski definition) is 5. The average molecular weight is 310 g/mol. The molecule has 0 atom stereocenters. The molecule has 0 saturated heterocycles. The molecule has 0 aliphatic carbocycles. The Labute approximate surface area is 123 Å². The largest absolute Gasteiger partial charge is 0.380 e. The summed E-state index contributed by atoms with van der Waals surface area (Å²) in [6.07, 6.45) is 2.76. The third kappa shape index (κ3) is 4.03. The molecular weight excluding hydrogens is 292 g/mol. The van der Waals surface area contributed by atoms with E-state index in [0.29, 0.717) is 25.4 Å². The minimum Gasteiger partial charge on any atom is -0.380 e. The number of nitrogens with one attached hydrogen (secondary N) is 1. The lowest BCUT2D eigenvalue weighted by Crippen LogP contribution is -2.13. The standard InChI is InChI=1S/C13H18N4O3S/c1-20-10-11-3-2-4-12(7-11)16-21(18,19)13-8-15-17(9-13)6-5-14/h2-4,7-9,16H,5-6,10,14H2,1H3. The summed E-state index contributed by atoms with van der Waals surface area (Å²) >= 11 is 0. The van der Waals surface area contributed by atoms with Gasteiger partial charge in [-0.25, -0.2) is 8.42 Å². The SMILES string of the molecule is COCc1cccc(NS(=O)(=O)c2cnn(CCN)c2)c1. The Morgan fingerprint density at radius 3 is 2.95 bits per heavy atom. The maximum Gasteiger partial charge on any atom is 0.265 e. The lowest BCUT2D eigenvalue weighted by Gasteiger charge is -2.08. The summed E-state index contributed by atoms with van der Waals surface area (Å²) in [5, 5.41) is 3.96. The molecule has 0 fully saturated rings. The molecule has 0 unspecified atom stereocenters. The van der Waals surface area contributed by atoms with Gasteiger partial charge in [-0.2, -0.15) is 5.10 Å². The Bertz CT molecular complexity index is 697. The van der Waals surface area contributed by atoms with Crippen LogP contribution in [0.3, 0.4) is 0 Å². The van der Waals surface area contributed by atoms with Crippen molar-refractivity contribution in [2.24, 2.45) is 5.73 Å². The van der Waals surface area contributed by atoms with E-state index in [9.17, 15) is 8.42 Å². The van der Waals surface area contributed by atoms with Crippen molar-refractivity contribution in [3.05, 3.63) is 42.2 Å². The summed E-state index contributed by atoms with van der Waals surface area (Å²) in [5.41, 5.74) is 6.78. The molecule has 1 heterocycles. The van der Waals surface area contributed by atoms with E-state index in [0.717, 1.165) is 5.56 Å². The Kier molecular flexibility index (Phi) is 4.94. The Balaban J connectivity index is 2.18. The number of anilines is 1. The van der Waals surface area contributed by atoms with Crippen LogP contribution in [0.15, 0.2) is 41.6 Å². The highest BCUT2D eigenvalue weighted by molar-refractivity contribution is 7.92. The molecule has 0 aliphatic heterocycles. The highest BCUT2D eigenvalue weighted by Gasteiger charge is 2.16. The van der Waals surface area contributed by atoms with E-state index in [-0.39, 0.29) is 4.90 Å². The van der Waals surface area contributed by atoms with Gasteiger partial charge >= 0.3 is 0 Å². The van der Waals surface area contributed by atoms with Crippen molar-refractivity contribution in [2.45, 2.75) is 18.0 Å². The Morgan fingerprint density at radius 1 is 1.43 bits per heavy atom. The molecular formula is C13H18N4O3S. The van der Waals surface area contributed by atoms with Crippen LogP contribution in [0.1, 0.15) is 5.56 Å². The number of nitrogens with two attached hydrogens (primary N) is 1. The fourth-order valence-corrected chi connectivity index (χ4v) is 2.84. The lowest BCUT2D eigenvalue weighted by molar-refractivity contribution is 0.185. The fourth-order valence-electron chi connectivity index (χ4n) is 1.84. The summed E-state index contributed by atoms with van der Waals surface area (Å²) in [7, 11) is -2.07. The van der Waals surface area contributed by atoms with Gasteiger partial charge in [0, 0.05) is 25.5 Å². The van der Waals surface area contributed by atoms with Crippen LogP contribution in [0.2, 0.25) is 0 Å². The van der Waals surface area contributed by atoms with Crippen LogP contribution in [-0.2, 0) is 27.9 Å². The van der Waals surface area contributed by atoms with Crippen molar-refractivity contribution in [1.82, 2.24) is 9.78 Å². The Morgan fingerprint density at radius 2 is 2.24 bits per heavy atom. The first-order valence-corrected chi connectivity index (χ1v) is 7.86. The van der Waals surface area contributed by atoms with Gasteiger partial charge in [0.05, 0.1) is 19.3 Å². The second-order valence-electron chi connectivity index (χ2n) is 4.47. The van der Waals surface area contributed by atoms with Gasteiger partial charge in [-0.1, -0.05) is 12.1 Å². The predicted molar refractivity (Wildman–Crippen MR) is 79.2 cm³/mol. The summed E-state index contributed by atoms with van der Waals surface area (Å²) in [6.45, 7) is 1.29. The van der Waals surface area contributed by atoms with Crippen LogP contribution in [0.5, 0.6) is 0 Å². The van der Waals surface area contributed by atoms with E-state index in [1.807, 2.05) is 6.07 Å². The van der Waals surface area contributed by atoms with E-state index in [1.165, 1.54) is 17.1 Å². The third-order valence-corrected chi connectivity index (χ3v) is 4.10. The van der Waals surface area contributed by atoms with Crippen LogP contribution < -0.4 is 10.5 Å². The number of hydrogen-bond donors (Lipinski definition) is 2. The van der Waals surface area contributed by atoms with Crippen LogP contribution >= 0.6 is 0 Å². The number of nitrogens with zero attached hydrogens (tertiary/aromatic N) is 2. The zero-order valence-electron chi connectivity index (χ0n) is 11.7. The number of methoxy groups -OCH3 is 1. The fraction of sp³-hybridized carbons (Fsp3) is 0.308. The number of ether oxygens (including phenoxy) is 1. The monoisotopic (exact) mass is 310 g/mol. The van der Waals surface area contributed by atoms with E-state index >= 15 is 0 Å². The van der Waals surface area contributed by atoms with Crippen molar-refractivity contribution in [1.29, 1.82) is 0 Å². The van der Waals surface area contributed by atoms with Gasteiger partial charge in [-0.05, 0) is 17.7 Å². The first kappa shape index (κ1) is 15.5. The summed E-state index contributed by atoms with van der Waals surface area (Å²) in [5.74, 6) is 0. The van der Waals surface area contributed by atoms with Crippen LogP contribution in [0.25, 0.3) is 0 Å². The molecule has 0 saturated carbocycles. The molecule has 1 aromatic heterocycles. The molecule has 21 heavy (non-hydrogen) atoms. The van der Waals surface area contributed by atoms with Crippen LogP contribution in [0.4, 0.5) is 5.69 Å². The number of sulfonamides is 1. The zero-order chi connectivity index (χ0) is 15.3. The maximum atomic E-state index is 12.3. The molecule has 114 valence electrons. The van der Waals surface area contributed by atoms with Gasteiger partial charge in [0.15, 0.2) is 0 Å². The lowest BCUT2D eigenvalue weighted by atomic mass is 10.2. The van der Waals surface area contributed by atoms with E-state index < -0.39 is 10.0 Å². The predicted octanol–water partition coefficient (Wildman–Crippen LogP) is 0.789. The van der Waals surface area contributed by atoms with Gasteiger partial charge in [0.2, 0.25) is 0 Å². The van der Waals surface area contributed by atoms with Crippen molar-refractivity contribution in [3.63, 3.8) is 0 Å². The van der Waals surface area contributed by atoms with Crippen molar-refractivity contribution in [2.75, 3.05) is 18.4 Å². The van der Waals surface area contributed by atoms with Gasteiger partial charge < -0.3 is 10.5 Å². The molecule has 0 spiro atoms. The molecule has 8 heteroatoms. The highest BCUT2D eigenvalue weighted by Crippen LogP contribution is 2.17. The molecule has 1 aromatic carbocycles. The maximum absolute atomic E-state index is 12.3. The molecule has 7 nitrogen and oxygen atoms in total. The van der Waals surface area contributed by atoms with Crippen molar-refractivity contribution in [3.8, 4) is 0 Å². The smallest absolute Gasteiger partial charge is 0.265 e. The average Bonchev–Trinajstić information content (AvgIpc) is 2.89. The second-order valence-corrected chi connectivity index (χ2v) is 6.15. The quantitative estimate of drug-likeness (QED) is 0.787. The van der Waals surface area contributed by atoms with E-state index in [4.69, 9.17) is 10.5 Å². The Hall–Kier alpha value is -1.90. The van der Waals surface area contributed by atoms with Crippen LogP contribution in [-0.4, -0.2) is 31.9 Å². The van der Waals surface area contributed by atoms with Gasteiger partial charge in [0.25, 0.3) is 10.0 Å². The third-order valence-electron chi connectivity index (χ3n) is 2.77. The zero-order valence-corrected chi connectivity index (χ0v) is 12.5. The molecule has 0 radical (unpaired) electrons. The minimum atomic E-state index is -3.66. The van der Waals surface area contributed by atoms with Crippen LogP contribution in [0, 0.1) is 0 Å². The molecule has 0 amide bonds. The second kappa shape index (κ2) is 6.70. The van der Waals surface area contributed by atoms with Crippen molar-refractivity contribution < 1.29 is 13.2 Å². The molecule has 0 bridgehead atoms. The van der Waals surface area contributed by atoms with Crippen molar-refractivity contribution >= 4 is 15.7 Å².